The molecule has 112 valence electrons. The van der Waals surface area contributed by atoms with Crippen LogP contribution in [0.5, 0.6) is 5.75 Å². The summed E-state index contributed by atoms with van der Waals surface area (Å²) in [5, 5.41) is 2.86. The number of unbranched alkanes of at least 4 members (excludes halogenated alkanes) is 4. The Bertz CT molecular complexity index is 384. The van der Waals surface area contributed by atoms with Crippen LogP contribution < -0.4 is 10.1 Å². The van der Waals surface area contributed by atoms with Gasteiger partial charge in [-0.15, -0.1) is 0 Å². The first-order valence-corrected chi connectivity index (χ1v) is 7.67. The molecule has 20 heavy (non-hydrogen) atoms. The molecule has 1 rings (SSSR count). The molecule has 0 heterocycles. The largest absolute Gasteiger partial charge is 0.494 e. The van der Waals surface area contributed by atoms with Crippen molar-refractivity contribution < 1.29 is 9.53 Å². The average molecular weight is 277 g/mol. The van der Waals surface area contributed by atoms with Crippen LogP contribution in [0.15, 0.2) is 24.3 Å². The van der Waals surface area contributed by atoms with Crippen molar-refractivity contribution in [3.63, 3.8) is 0 Å². The molecule has 0 spiro atoms. The van der Waals surface area contributed by atoms with Gasteiger partial charge in [-0.25, -0.2) is 0 Å². The molecule has 0 aromatic heterocycles. The summed E-state index contributed by atoms with van der Waals surface area (Å²) in [5.41, 5.74) is 0.819. The van der Waals surface area contributed by atoms with Crippen molar-refractivity contribution in [2.75, 3.05) is 11.9 Å². The van der Waals surface area contributed by atoms with E-state index in [-0.39, 0.29) is 11.8 Å². The van der Waals surface area contributed by atoms with E-state index in [1.54, 1.807) is 0 Å². The lowest BCUT2D eigenvalue weighted by Gasteiger charge is -2.09. The number of rotatable bonds is 9. The second-order valence-electron chi connectivity index (χ2n) is 5.43. The molecular weight excluding hydrogens is 250 g/mol. The lowest BCUT2D eigenvalue weighted by atomic mass is 10.2. The average Bonchev–Trinajstić information content (AvgIpc) is 2.44. The van der Waals surface area contributed by atoms with Crippen LogP contribution in [0.25, 0.3) is 0 Å². The number of hydrogen-bond acceptors (Lipinski definition) is 2. The lowest BCUT2D eigenvalue weighted by molar-refractivity contribution is -0.118. The Hall–Kier alpha value is -1.51. The summed E-state index contributed by atoms with van der Waals surface area (Å²) in [5.74, 6) is 0.895. The maximum atomic E-state index is 11.6. The van der Waals surface area contributed by atoms with Gasteiger partial charge in [-0.2, -0.15) is 0 Å². The summed E-state index contributed by atoms with van der Waals surface area (Å²) >= 11 is 0. The maximum absolute atomic E-state index is 11.6. The molecule has 1 aromatic carbocycles. The summed E-state index contributed by atoms with van der Waals surface area (Å²) < 4.78 is 5.68. The molecule has 1 N–H and O–H groups in total. The fraction of sp³-hybridized carbons (Fsp3) is 0.588. The number of anilines is 1. The van der Waals surface area contributed by atoms with Crippen LogP contribution in [-0.4, -0.2) is 12.5 Å². The molecule has 0 saturated carbocycles. The van der Waals surface area contributed by atoms with Crippen LogP contribution in [-0.2, 0) is 4.79 Å². The number of amides is 1. The Kier molecular flexibility index (Phi) is 7.78. The Morgan fingerprint density at radius 3 is 2.35 bits per heavy atom. The van der Waals surface area contributed by atoms with E-state index in [1.165, 1.54) is 25.7 Å². The smallest absolute Gasteiger partial charge is 0.226 e. The Morgan fingerprint density at radius 2 is 1.75 bits per heavy atom. The third kappa shape index (κ3) is 6.60. The fourth-order valence-corrected chi connectivity index (χ4v) is 1.82. The number of benzene rings is 1. The van der Waals surface area contributed by atoms with E-state index in [4.69, 9.17) is 4.74 Å². The van der Waals surface area contributed by atoms with Crippen molar-refractivity contribution >= 4 is 11.6 Å². The van der Waals surface area contributed by atoms with Crippen LogP contribution in [0, 0.1) is 5.92 Å². The summed E-state index contributed by atoms with van der Waals surface area (Å²) in [7, 11) is 0. The highest BCUT2D eigenvalue weighted by atomic mass is 16.5. The molecule has 3 nitrogen and oxygen atoms in total. The summed E-state index contributed by atoms with van der Waals surface area (Å²) in [6.07, 6.45) is 6.21. The van der Waals surface area contributed by atoms with Gasteiger partial charge < -0.3 is 10.1 Å². The molecule has 0 atom stereocenters. The van der Waals surface area contributed by atoms with Gasteiger partial charge in [0.25, 0.3) is 0 Å². The zero-order chi connectivity index (χ0) is 14.8. The van der Waals surface area contributed by atoms with Gasteiger partial charge in [-0.3, -0.25) is 4.79 Å². The van der Waals surface area contributed by atoms with Crippen molar-refractivity contribution in [2.45, 2.75) is 52.9 Å². The Labute approximate surface area is 122 Å². The minimum absolute atomic E-state index is 0.00551. The van der Waals surface area contributed by atoms with Gasteiger partial charge in [0.1, 0.15) is 5.75 Å². The number of carbonyl (C=O) groups excluding carboxylic acids is 1. The summed E-state index contributed by atoms with van der Waals surface area (Å²) in [4.78, 5) is 11.6. The molecule has 0 aliphatic rings. The monoisotopic (exact) mass is 277 g/mol. The van der Waals surface area contributed by atoms with Crippen LogP contribution >= 0.6 is 0 Å². The number of ether oxygens (including phenoxy) is 1. The van der Waals surface area contributed by atoms with Gasteiger partial charge >= 0.3 is 0 Å². The molecule has 0 aliphatic heterocycles. The topological polar surface area (TPSA) is 38.3 Å². The molecule has 0 bridgehead atoms. The summed E-state index contributed by atoms with van der Waals surface area (Å²) in [6.45, 7) is 6.74. The van der Waals surface area contributed by atoms with Crippen LogP contribution in [0.2, 0.25) is 0 Å². The molecule has 0 radical (unpaired) electrons. The van der Waals surface area contributed by atoms with E-state index in [2.05, 4.69) is 12.2 Å². The van der Waals surface area contributed by atoms with Crippen LogP contribution in [0.4, 0.5) is 5.69 Å². The van der Waals surface area contributed by atoms with E-state index in [0.29, 0.717) is 0 Å². The molecule has 3 heteroatoms. The number of nitrogens with one attached hydrogen (secondary N) is 1. The van der Waals surface area contributed by atoms with Gasteiger partial charge in [-0.1, -0.05) is 46.5 Å². The Morgan fingerprint density at radius 1 is 1.10 bits per heavy atom. The molecule has 0 aliphatic carbocycles. The van der Waals surface area contributed by atoms with Gasteiger partial charge in [0, 0.05) is 11.6 Å². The van der Waals surface area contributed by atoms with Crippen molar-refractivity contribution in [1.82, 2.24) is 0 Å². The summed E-state index contributed by atoms with van der Waals surface area (Å²) in [6, 6.07) is 7.57. The van der Waals surface area contributed by atoms with E-state index < -0.39 is 0 Å². The van der Waals surface area contributed by atoms with Crippen LogP contribution in [0.3, 0.4) is 0 Å². The number of hydrogen-bond donors (Lipinski definition) is 1. The zero-order valence-corrected chi connectivity index (χ0v) is 12.9. The van der Waals surface area contributed by atoms with Crippen molar-refractivity contribution in [1.29, 1.82) is 0 Å². The number of carbonyl (C=O) groups is 1. The minimum atomic E-state index is -0.00551. The SMILES string of the molecule is CCCCCCCOc1ccc(NC(=O)C(C)C)cc1. The highest BCUT2D eigenvalue weighted by Gasteiger charge is 2.06. The normalized spacial score (nSPS) is 10.6. The first kappa shape index (κ1) is 16.5. The van der Waals surface area contributed by atoms with Gasteiger partial charge in [0.2, 0.25) is 5.91 Å². The molecular formula is C17H27NO2. The van der Waals surface area contributed by atoms with Gasteiger partial charge in [0.05, 0.1) is 6.61 Å². The van der Waals surface area contributed by atoms with E-state index in [9.17, 15) is 4.79 Å². The second kappa shape index (κ2) is 9.40. The molecule has 1 aromatic rings. The third-order valence-corrected chi connectivity index (χ3v) is 3.16. The standard InChI is InChI=1S/C17H27NO2/c1-4-5-6-7-8-13-20-16-11-9-15(10-12-16)18-17(19)14(2)3/h9-12,14H,4-8,13H2,1-3H3,(H,18,19). The quantitative estimate of drug-likeness (QED) is 0.668. The lowest BCUT2D eigenvalue weighted by Crippen LogP contribution is -2.17. The predicted molar refractivity (Wildman–Crippen MR) is 84.2 cm³/mol. The van der Waals surface area contributed by atoms with Crippen molar-refractivity contribution in [3.05, 3.63) is 24.3 Å². The van der Waals surface area contributed by atoms with E-state index in [1.807, 2.05) is 38.1 Å². The predicted octanol–water partition coefficient (Wildman–Crippen LogP) is 4.63. The zero-order valence-electron chi connectivity index (χ0n) is 12.9. The second-order valence-corrected chi connectivity index (χ2v) is 5.43. The minimum Gasteiger partial charge on any atom is -0.494 e. The van der Waals surface area contributed by atoms with Gasteiger partial charge in [0.15, 0.2) is 0 Å². The first-order chi connectivity index (χ1) is 9.63. The fourth-order valence-electron chi connectivity index (χ4n) is 1.82. The first-order valence-electron chi connectivity index (χ1n) is 7.67. The van der Waals surface area contributed by atoms with Crippen molar-refractivity contribution in [3.8, 4) is 5.75 Å². The van der Waals surface area contributed by atoms with Gasteiger partial charge in [-0.05, 0) is 30.7 Å². The third-order valence-electron chi connectivity index (χ3n) is 3.16. The highest BCUT2D eigenvalue weighted by molar-refractivity contribution is 5.92. The highest BCUT2D eigenvalue weighted by Crippen LogP contribution is 2.17. The van der Waals surface area contributed by atoms with Crippen molar-refractivity contribution in [2.24, 2.45) is 5.92 Å². The maximum Gasteiger partial charge on any atom is 0.226 e. The molecule has 1 amide bonds. The van der Waals surface area contributed by atoms with Crippen LogP contribution in [0.1, 0.15) is 52.9 Å². The molecule has 0 saturated heterocycles. The molecule has 0 unspecified atom stereocenters. The Balaban J connectivity index is 2.26. The van der Waals surface area contributed by atoms with E-state index in [0.717, 1.165) is 24.5 Å². The molecule has 0 fully saturated rings. The van der Waals surface area contributed by atoms with E-state index >= 15 is 0 Å².